The van der Waals surface area contributed by atoms with Gasteiger partial charge in [-0.1, -0.05) is 0 Å². The first-order chi connectivity index (χ1) is 7.99. The Balaban J connectivity index is 2.69. The molecule has 0 atom stereocenters. The van der Waals surface area contributed by atoms with E-state index in [0.29, 0.717) is 0 Å². The summed E-state index contributed by atoms with van der Waals surface area (Å²) < 4.78 is 2.86. The molecule has 17 heavy (non-hydrogen) atoms. The predicted octanol–water partition coefficient (Wildman–Crippen LogP) is 1.63. The van der Waals surface area contributed by atoms with Crippen LogP contribution in [0.4, 0.5) is 0 Å². The van der Waals surface area contributed by atoms with Crippen molar-refractivity contribution < 1.29 is 0 Å². The van der Waals surface area contributed by atoms with Gasteiger partial charge in [0.05, 0.1) is 0 Å². The van der Waals surface area contributed by atoms with Crippen molar-refractivity contribution in [3.8, 4) is 5.69 Å². The first-order valence-corrected chi connectivity index (χ1v) is 7.27. The summed E-state index contributed by atoms with van der Waals surface area (Å²) in [4.78, 5) is 11.8. The van der Waals surface area contributed by atoms with E-state index in [-0.39, 0.29) is 5.56 Å². The summed E-state index contributed by atoms with van der Waals surface area (Å²) in [7, 11) is 0. The van der Waals surface area contributed by atoms with E-state index in [4.69, 9.17) is 11.6 Å². The number of hydrogen-bond donors (Lipinski definition) is 0. The van der Waals surface area contributed by atoms with Crippen LogP contribution >= 0.6 is 11.6 Å². The average molecular weight is 352 g/mol. The van der Waals surface area contributed by atoms with Crippen LogP contribution in [-0.2, 0) is 0 Å². The molecule has 2 radical (unpaired) electrons. The fraction of sp³-hybridized carbons (Fsp3) is 0.154. The van der Waals surface area contributed by atoms with Gasteiger partial charge in [-0.2, -0.15) is 0 Å². The standard InChI is InChI=1S/C13H11ClNO.Sn.H/c1-9-7-11(8-10(2)13(9)14)15-6-4-3-5-12(15)16;;/h3,5-8H,1-2H3;;. The van der Waals surface area contributed by atoms with Gasteiger partial charge in [0.15, 0.2) is 0 Å². The molecule has 0 unspecified atom stereocenters. The van der Waals surface area contributed by atoms with Crippen molar-refractivity contribution in [2.75, 3.05) is 0 Å². The SMILES string of the molecule is Cc1cc(-n2c[c]([SnH])ccc2=O)cc(C)c1Cl. The minimum atomic E-state index is -0.0100. The molecular weight excluding hydrogens is 340 g/mol. The summed E-state index contributed by atoms with van der Waals surface area (Å²) in [5, 5.41) is 0.767. The molecule has 0 saturated carbocycles. The first-order valence-electron chi connectivity index (χ1n) is 5.24. The molecule has 2 rings (SSSR count). The Bertz CT molecular complexity index is 611. The predicted molar refractivity (Wildman–Crippen MR) is 73.3 cm³/mol. The average Bonchev–Trinajstić information content (AvgIpc) is 2.28. The van der Waals surface area contributed by atoms with Gasteiger partial charge in [0.1, 0.15) is 0 Å². The second kappa shape index (κ2) is 4.86. The molecular formula is C13H12ClNOSn. The quantitative estimate of drug-likeness (QED) is 0.715. The number of rotatable bonds is 1. The van der Waals surface area contributed by atoms with Gasteiger partial charge in [0, 0.05) is 0 Å². The van der Waals surface area contributed by atoms with Crippen LogP contribution in [-0.4, -0.2) is 27.1 Å². The molecule has 0 fully saturated rings. The summed E-state index contributed by atoms with van der Waals surface area (Å²) >= 11 is 7.12. The van der Waals surface area contributed by atoms with E-state index in [2.05, 4.69) is 0 Å². The van der Waals surface area contributed by atoms with Crippen LogP contribution in [0.3, 0.4) is 0 Å². The van der Waals surface area contributed by atoms with E-state index >= 15 is 0 Å². The van der Waals surface area contributed by atoms with Crippen molar-refractivity contribution in [3.63, 3.8) is 0 Å². The summed E-state index contributed by atoms with van der Waals surface area (Å²) in [6, 6.07) is 7.36. The fourth-order valence-electron chi connectivity index (χ4n) is 1.77. The van der Waals surface area contributed by atoms with E-state index < -0.39 is 0 Å². The van der Waals surface area contributed by atoms with Gasteiger partial charge in [0.25, 0.3) is 0 Å². The number of nitrogens with zero attached hydrogens (tertiary/aromatic N) is 1. The van der Waals surface area contributed by atoms with Crippen LogP contribution in [0.5, 0.6) is 0 Å². The van der Waals surface area contributed by atoms with Crippen LogP contribution in [0.1, 0.15) is 11.1 Å². The summed E-state index contributed by atoms with van der Waals surface area (Å²) in [6.45, 7) is 3.90. The second-order valence-corrected chi connectivity index (χ2v) is 6.34. The molecule has 0 aliphatic rings. The molecule has 0 spiro atoms. The number of pyridine rings is 1. The zero-order valence-corrected chi connectivity index (χ0v) is 13.7. The van der Waals surface area contributed by atoms with Gasteiger partial charge in [-0.25, -0.2) is 0 Å². The van der Waals surface area contributed by atoms with Crippen LogP contribution < -0.4 is 9.14 Å². The zero-order valence-electron chi connectivity index (χ0n) is 9.70. The molecule has 0 N–H and O–H groups in total. The van der Waals surface area contributed by atoms with Gasteiger partial charge >= 0.3 is 119 Å². The van der Waals surface area contributed by atoms with Crippen molar-refractivity contribution in [2.24, 2.45) is 0 Å². The Kier molecular flexibility index (Phi) is 3.64. The second-order valence-electron chi connectivity index (χ2n) is 4.06. The van der Waals surface area contributed by atoms with Gasteiger partial charge in [-0.3, -0.25) is 0 Å². The third-order valence-electron chi connectivity index (χ3n) is 2.63. The molecule has 0 amide bonds. The van der Waals surface area contributed by atoms with E-state index in [9.17, 15) is 4.79 Å². The number of hydrogen-bond acceptors (Lipinski definition) is 1. The number of benzene rings is 1. The Labute approximate surface area is 118 Å². The Hall–Kier alpha value is -0.741. The maximum atomic E-state index is 11.8. The molecule has 1 heterocycles. The molecule has 1 aromatic heterocycles. The van der Waals surface area contributed by atoms with Crippen LogP contribution in [0, 0.1) is 13.8 Å². The third-order valence-corrected chi connectivity index (χ3v) is 4.20. The first kappa shape index (κ1) is 12.7. The van der Waals surface area contributed by atoms with Crippen molar-refractivity contribution in [3.05, 3.63) is 57.0 Å². The molecule has 86 valence electrons. The molecule has 0 aliphatic carbocycles. The molecule has 0 saturated heterocycles. The normalized spacial score (nSPS) is 10.6. The topological polar surface area (TPSA) is 22.0 Å². The molecule has 0 bridgehead atoms. The van der Waals surface area contributed by atoms with E-state index in [1.807, 2.05) is 38.2 Å². The van der Waals surface area contributed by atoms with Gasteiger partial charge in [-0.15, -0.1) is 0 Å². The number of aromatic nitrogens is 1. The van der Waals surface area contributed by atoms with Crippen molar-refractivity contribution >= 4 is 37.7 Å². The number of aryl methyl sites for hydroxylation is 2. The van der Waals surface area contributed by atoms with E-state index in [1.165, 1.54) is 3.58 Å². The van der Waals surface area contributed by atoms with Crippen LogP contribution in [0.25, 0.3) is 5.69 Å². The van der Waals surface area contributed by atoms with Crippen LogP contribution in [0.15, 0.2) is 35.3 Å². The molecule has 2 aromatic rings. The minimum absolute atomic E-state index is 0.0100. The van der Waals surface area contributed by atoms with E-state index in [0.717, 1.165) is 44.4 Å². The fourth-order valence-corrected chi connectivity index (χ4v) is 2.58. The number of halogens is 1. The van der Waals surface area contributed by atoms with Crippen molar-refractivity contribution in [1.82, 2.24) is 4.57 Å². The molecule has 2 nitrogen and oxygen atoms in total. The van der Waals surface area contributed by atoms with Crippen molar-refractivity contribution in [2.45, 2.75) is 13.8 Å². The van der Waals surface area contributed by atoms with E-state index in [1.54, 1.807) is 10.6 Å². The van der Waals surface area contributed by atoms with Gasteiger partial charge in [0.2, 0.25) is 0 Å². The van der Waals surface area contributed by atoms with Gasteiger partial charge < -0.3 is 0 Å². The Morgan fingerprint density at radius 3 is 2.35 bits per heavy atom. The molecule has 1 aromatic carbocycles. The van der Waals surface area contributed by atoms with Crippen LogP contribution in [0.2, 0.25) is 5.02 Å². The molecule has 4 heteroatoms. The zero-order chi connectivity index (χ0) is 12.6. The Morgan fingerprint density at radius 1 is 1.18 bits per heavy atom. The summed E-state index contributed by atoms with van der Waals surface area (Å²) in [6.07, 6.45) is 1.90. The summed E-state index contributed by atoms with van der Waals surface area (Å²) in [5.41, 5.74) is 2.85. The Morgan fingerprint density at radius 2 is 1.76 bits per heavy atom. The molecule has 0 aliphatic heterocycles. The monoisotopic (exact) mass is 353 g/mol. The van der Waals surface area contributed by atoms with Crippen molar-refractivity contribution in [1.29, 1.82) is 0 Å². The summed E-state index contributed by atoms with van der Waals surface area (Å²) in [5.74, 6) is 0. The third kappa shape index (κ3) is 2.58. The maximum absolute atomic E-state index is 11.8. The van der Waals surface area contributed by atoms with Gasteiger partial charge in [-0.05, 0) is 0 Å².